The Balaban J connectivity index is 1.83. The van der Waals surface area contributed by atoms with E-state index < -0.39 is 0 Å². The quantitative estimate of drug-likeness (QED) is 0.616. The average Bonchev–Trinajstić information content (AvgIpc) is 2.97. The van der Waals surface area contributed by atoms with E-state index in [0.717, 1.165) is 28.2 Å². The van der Waals surface area contributed by atoms with Crippen LogP contribution in [0.4, 0.5) is 5.13 Å². The summed E-state index contributed by atoms with van der Waals surface area (Å²) in [6, 6.07) is 8.46. The van der Waals surface area contributed by atoms with Gasteiger partial charge in [0.15, 0.2) is 11.1 Å². The predicted octanol–water partition coefficient (Wildman–Crippen LogP) is 2.19. The van der Waals surface area contributed by atoms with Crippen LogP contribution in [0.1, 0.15) is 12.8 Å². The number of benzene rings is 1. The standard InChI is InChI=1S/C11H12N4S/c12-10(13-7-5-6-7)15-11-14-8-3-1-2-4-9(8)16-11/h1-4,7H,5-6H2,(H3,12,13,14,15). The van der Waals surface area contributed by atoms with Crippen LogP contribution in [0.2, 0.25) is 0 Å². The lowest BCUT2D eigenvalue weighted by atomic mass is 10.3. The molecule has 1 aliphatic rings. The van der Waals surface area contributed by atoms with Crippen LogP contribution in [0.3, 0.4) is 0 Å². The third kappa shape index (κ3) is 1.99. The Morgan fingerprint density at radius 1 is 1.44 bits per heavy atom. The van der Waals surface area contributed by atoms with Crippen molar-refractivity contribution in [3.63, 3.8) is 0 Å². The van der Waals surface area contributed by atoms with Gasteiger partial charge in [0.25, 0.3) is 0 Å². The number of para-hydroxylation sites is 1. The molecule has 1 aromatic heterocycles. The van der Waals surface area contributed by atoms with Gasteiger partial charge >= 0.3 is 0 Å². The lowest BCUT2D eigenvalue weighted by molar-refractivity contribution is 1.06. The van der Waals surface area contributed by atoms with E-state index in [-0.39, 0.29) is 0 Å². The highest BCUT2D eigenvalue weighted by Gasteiger charge is 2.20. The van der Waals surface area contributed by atoms with Crippen molar-refractivity contribution in [1.29, 1.82) is 0 Å². The molecule has 0 atom stereocenters. The van der Waals surface area contributed by atoms with Crippen molar-refractivity contribution < 1.29 is 0 Å². The molecule has 0 bridgehead atoms. The van der Waals surface area contributed by atoms with E-state index in [0.29, 0.717) is 12.0 Å². The van der Waals surface area contributed by atoms with Gasteiger partial charge in [0.05, 0.1) is 16.3 Å². The summed E-state index contributed by atoms with van der Waals surface area (Å²) in [5, 5.41) is 3.85. The number of thiazole rings is 1. The van der Waals surface area contributed by atoms with Crippen LogP contribution in [-0.2, 0) is 0 Å². The number of nitrogens with zero attached hydrogens (tertiary/aromatic N) is 2. The van der Waals surface area contributed by atoms with E-state index in [1.807, 2.05) is 24.3 Å². The Morgan fingerprint density at radius 2 is 2.25 bits per heavy atom. The van der Waals surface area contributed by atoms with Gasteiger partial charge in [-0.2, -0.15) is 0 Å². The maximum Gasteiger partial charge on any atom is 0.195 e. The minimum Gasteiger partial charge on any atom is -0.370 e. The van der Waals surface area contributed by atoms with Crippen molar-refractivity contribution in [2.75, 3.05) is 5.32 Å². The van der Waals surface area contributed by atoms with Crippen LogP contribution in [0, 0.1) is 0 Å². The smallest absolute Gasteiger partial charge is 0.195 e. The van der Waals surface area contributed by atoms with Crippen molar-refractivity contribution in [3.8, 4) is 0 Å². The van der Waals surface area contributed by atoms with E-state index in [9.17, 15) is 0 Å². The lowest BCUT2D eigenvalue weighted by Crippen LogP contribution is -2.22. The third-order valence-electron chi connectivity index (χ3n) is 2.40. The van der Waals surface area contributed by atoms with Crippen LogP contribution in [-0.4, -0.2) is 17.0 Å². The molecule has 5 heteroatoms. The first-order chi connectivity index (χ1) is 7.81. The molecule has 1 aromatic carbocycles. The molecule has 16 heavy (non-hydrogen) atoms. The Hall–Kier alpha value is -1.62. The van der Waals surface area contributed by atoms with Crippen LogP contribution < -0.4 is 11.1 Å². The molecule has 0 aliphatic heterocycles. The Morgan fingerprint density at radius 3 is 3.00 bits per heavy atom. The fourth-order valence-corrected chi connectivity index (χ4v) is 2.34. The minimum absolute atomic E-state index is 0.432. The molecular weight excluding hydrogens is 220 g/mol. The normalized spacial score (nSPS) is 16.6. The van der Waals surface area contributed by atoms with E-state index in [2.05, 4.69) is 15.3 Å². The van der Waals surface area contributed by atoms with Crippen molar-refractivity contribution in [2.45, 2.75) is 18.9 Å². The first kappa shape index (κ1) is 9.59. The van der Waals surface area contributed by atoms with Gasteiger partial charge < -0.3 is 11.1 Å². The van der Waals surface area contributed by atoms with E-state index in [1.54, 1.807) is 11.3 Å². The van der Waals surface area contributed by atoms with Gasteiger partial charge in [0.2, 0.25) is 0 Å². The summed E-state index contributed by atoms with van der Waals surface area (Å²) in [6.45, 7) is 0. The summed E-state index contributed by atoms with van der Waals surface area (Å²) in [6.07, 6.45) is 2.31. The number of guanidine groups is 1. The van der Waals surface area contributed by atoms with Gasteiger partial charge in [-0.25, -0.2) is 9.98 Å². The molecule has 3 rings (SSSR count). The number of hydrogen-bond acceptors (Lipinski definition) is 3. The maximum absolute atomic E-state index is 5.77. The second-order valence-corrected chi connectivity index (χ2v) is 4.89. The molecule has 0 unspecified atom stereocenters. The summed E-state index contributed by atoms with van der Waals surface area (Å²) in [4.78, 5) is 8.73. The van der Waals surface area contributed by atoms with Crippen molar-refractivity contribution in [3.05, 3.63) is 24.3 Å². The second kappa shape index (κ2) is 3.75. The fraction of sp³-hybridized carbons (Fsp3) is 0.273. The number of anilines is 1. The van der Waals surface area contributed by atoms with Crippen molar-refractivity contribution >= 4 is 32.6 Å². The molecule has 3 N–H and O–H groups in total. The zero-order chi connectivity index (χ0) is 11.0. The van der Waals surface area contributed by atoms with Crippen molar-refractivity contribution in [1.82, 2.24) is 4.98 Å². The fourth-order valence-electron chi connectivity index (χ4n) is 1.47. The van der Waals surface area contributed by atoms with Gasteiger partial charge in [-0.15, -0.1) is 0 Å². The number of rotatable bonds is 2. The van der Waals surface area contributed by atoms with Gasteiger partial charge in [0.1, 0.15) is 0 Å². The largest absolute Gasteiger partial charge is 0.370 e. The molecule has 1 saturated carbocycles. The van der Waals surface area contributed by atoms with Crippen LogP contribution >= 0.6 is 11.3 Å². The van der Waals surface area contributed by atoms with Gasteiger partial charge in [0, 0.05) is 0 Å². The molecule has 1 aliphatic carbocycles. The van der Waals surface area contributed by atoms with Gasteiger partial charge in [-0.3, -0.25) is 0 Å². The number of nitrogens with two attached hydrogens (primary N) is 1. The van der Waals surface area contributed by atoms with Gasteiger partial charge in [-0.05, 0) is 25.0 Å². The summed E-state index contributed by atoms with van der Waals surface area (Å²) < 4.78 is 1.16. The van der Waals surface area contributed by atoms with Crippen LogP contribution in [0.25, 0.3) is 10.2 Å². The molecule has 0 saturated heterocycles. The molecule has 0 radical (unpaired) electrons. The van der Waals surface area contributed by atoms with Gasteiger partial charge in [-0.1, -0.05) is 23.5 Å². The number of aromatic nitrogens is 1. The molecular formula is C11H12N4S. The lowest BCUT2D eigenvalue weighted by Gasteiger charge is -1.99. The van der Waals surface area contributed by atoms with Crippen LogP contribution in [0.15, 0.2) is 29.3 Å². The number of aliphatic imine (C=N–C) groups is 1. The van der Waals surface area contributed by atoms with Crippen LogP contribution in [0.5, 0.6) is 0 Å². The van der Waals surface area contributed by atoms with E-state index in [4.69, 9.17) is 5.73 Å². The van der Waals surface area contributed by atoms with E-state index in [1.165, 1.54) is 0 Å². The molecule has 0 spiro atoms. The minimum atomic E-state index is 0.432. The molecule has 1 fully saturated rings. The predicted molar refractivity (Wildman–Crippen MR) is 67.9 cm³/mol. The van der Waals surface area contributed by atoms with E-state index >= 15 is 0 Å². The monoisotopic (exact) mass is 232 g/mol. The Labute approximate surface area is 97.2 Å². The Kier molecular flexibility index (Phi) is 2.25. The first-order valence-corrected chi connectivity index (χ1v) is 6.09. The zero-order valence-electron chi connectivity index (χ0n) is 8.68. The highest BCUT2D eigenvalue weighted by molar-refractivity contribution is 7.22. The summed E-state index contributed by atoms with van der Waals surface area (Å²) >= 11 is 1.59. The maximum atomic E-state index is 5.77. The average molecular weight is 232 g/mol. The number of nitrogens with one attached hydrogen (secondary N) is 1. The second-order valence-electron chi connectivity index (χ2n) is 3.86. The molecule has 2 aromatic rings. The van der Waals surface area contributed by atoms with Crippen molar-refractivity contribution in [2.24, 2.45) is 10.7 Å². The first-order valence-electron chi connectivity index (χ1n) is 5.27. The number of fused-ring (bicyclic) bond motifs is 1. The molecule has 0 amide bonds. The Bertz CT molecular complexity index is 509. The zero-order valence-corrected chi connectivity index (χ0v) is 9.50. The molecule has 4 nitrogen and oxygen atoms in total. The molecule has 82 valence electrons. The summed E-state index contributed by atoms with van der Waals surface area (Å²) in [5.41, 5.74) is 6.77. The third-order valence-corrected chi connectivity index (χ3v) is 3.35. The SMILES string of the molecule is NC(=NC1CC1)Nc1nc2ccccc2s1. The number of hydrogen-bond donors (Lipinski definition) is 2. The highest BCUT2D eigenvalue weighted by Crippen LogP contribution is 2.26. The summed E-state index contributed by atoms with van der Waals surface area (Å²) in [5.74, 6) is 0.474. The molecule has 1 heterocycles. The topological polar surface area (TPSA) is 63.3 Å². The summed E-state index contributed by atoms with van der Waals surface area (Å²) in [7, 11) is 0. The highest BCUT2D eigenvalue weighted by atomic mass is 32.1.